The van der Waals surface area contributed by atoms with Crippen molar-refractivity contribution in [1.82, 2.24) is 29.3 Å². The number of rotatable bonds is 21. The Morgan fingerprint density at radius 3 is 1.38 bits per heavy atom. The van der Waals surface area contributed by atoms with E-state index in [-0.39, 0.29) is 35.1 Å². The van der Waals surface area contributed by atoms with Crippen molar-refractivity contribution in [2.45, 2.75) is 62.3 Å². The molecule has 9 rings (SSSR count). The van der Waals surface area contributed by atoms with Gasteiger partial charge in [0.25, 0.3) is 17.7 Å². The van der Waals surface area contributed by atoms with Crippen molar-refractivity contribution in [2.24, 2.45) is 16.2 Å². The molecule has 0 saturated heterocycles. The van der Waals surface area contributed by atoms with Crippen molar-refractivity contribution in [3.63, 3.8) is 0 Å². The number of H-pyrrole nitrogens is 2. The Morgan fingerprint density at radius 2 is 0.908 bits per heavy atom. The largest absolute Gasteiger partial charge is 0.491 e. The smallest absolute Gasteiger partial charge is 0.256 e. The number of ether oxygens (including phenoxy) is 6. The molecule has 21 nitrogen and oxygen atoms in total. The molecular formula is C66H75N9O12. The van der Waals surface area contributed by atoms with E-state index in [9.17, 15) is 28.8 Å². The minimum absolute atomic E-state index is 0.00823. The van der Waals surface area contributed by atoms with Crippen LogP contribution in [0.3, 0.4) is 0 Å². The van der Waals surface area contributed by atoms with Crippen LogP contribution in [0, 0.1) is 16.2 Å². The fourth-order valence-corrected chi connectivity index (χ4v) is 8.23. The van der Waals surface area contributed by atoms with Crippen molar-refractivity contribution >= 4 is 79.8 Å². The van der Waals surface area contributed by atoms with Crippen LogP contribution < -0.4 is 30.2 Å². The average molecular weight is 1190 g/mol. The standard InChI is InChI=1S/3C22H25N3O4/c1-22(2,3)20(26)18-14-25-13-16(7-10-19(25)24-18)23-21(27)15-5-8-17(9-6-15)29-12-11-28-4;1-22(2,3)19(26)18-12-15-11-16(13-23-20(15)25-18)24-21(27)14-5-7-17(8-6-14)29-10-9-28-4;1-22(2,3)20(26)17-11-15-12-19(23-13-18(15)24-17)25-21(27)14-5-7-16(8-6-14)29-10-9-28-4/h5-10,13-14H,11-12H2,1-4H3,(H,23,27);5-8,11-13H,9-10H2,1-4H3,(H,23,25)(H,24,27);5-8,11-13,24H,9-10H2,1-4H3,(H,23,25,27). The molecule has 0 aliphatic rings. The van der Waals surface area contributed by atoms with Crippen molar-refractivity contribution in [3.8, 4) is 17.2 Å². The lowest BCUT2D eigenvalue weighted by molar-refractivity contribution is 0.0848. The van der Waals surface area contributed by atoms with E-state index in [1.165, 1.54) is 0 Å². The van der Waals surface area contributed by atoms with Crippen LogP contribution in [0.1, 0.15) is 125 Å². The fourth-order valence-electron chi connectivity index (χ4n) is 8.23. The summed E-state index contributed by atoms with van der Waals surface area (Å²) in [7, 11) is 4.83. The zero-order valence-corrected chi connectivity index (χ0v) is 51.1. The first-order valence-corrected chi connectivity index (χ1v) is 28.0. The number of pyridine rings is 3. The highest BCUT2D eigenvalue weighted by Crippen LogP contribution is 2.28. The summed E-state index contributed by atoms with van der Waals surface area (Å²) in [4.78, 5) is 93.9. The molecule has 5 N–H and O–H groups in total. The number of ketones is 3. The van der Waals surface area contributed by atoms with E-state index in [0.29, 0.717) is 119 Å². The molecule has 3 amide bonds. The lowest BCUT2D eigenvalue weighted by Crippen LogP contribution is -2.20. The Balaban J connectivity index is 0.000000186. The van der Waals surface area contributed by atoms with Gasteiger partial charge in [-0.1, -0.05) is 62.3 Å². The van der Waals surface area contributed by atoms with Gasteiger partial charge < -0.3 is 58.7 Å². The van der Waals surface area contributed by atoms with E-state index in [1.54, 1.807) is 160 Å². The number of carbonyl (C=O) groups excluding carboxylic acids is 6. The van der Waals surface area contributed by atoms with E-state index in [4.69, 9.17) is 28.4 Å². The van der Waals surface area contributed by atoms with Crippen molar-refractivity contribution < 1.29 is 57.2 Å². The van der Waals surface area contributed by atoms with E-state index in [2.05, 4.69) is 40.9 Å². The molecule has 0 aliphatic heterocycles. The highest BCUT2D eigenvalue weighted by Gasteiger charge is 2.27. The van der Waals surface area contributed by atoms with Gasteiger partial charge in [0.05, 0.1) is 60.5 Å². The molecule has 3 aromatic carbocycles. The second-order valence-corrected chi connectivity index (χ2v) is 23.2. The first-order chi connectivity index (χ1) is 41.3. The number of aromatic amines is 2. The Hall–Kier alpha value is -9.57. The molecule has 0 aliphatic carbocycles. The van der Waals surface area contributed by atoms with Crippen LogP contribution in [0.2, 0.25) is 0 Å². The number of amides is 3. The minimum Gasteiger partial charge on any atom is -0.491 e. The summed E-state index contributed by atoms with van der Waals surface area (Å²) in [5, 5.41) is 10.0. The number of imidazole rings is 1. The predicted octanol–water partition coefficient (Wildman–Crippen LogP) is 12.0. The topological polar surface area (TPSA) is 269 Å². The molecule has 0 fully saturated rings. The van der Waals surface area contributed by atoms with Gasteiger partial charge in [-0.15, -0.1) is 0 Å². The predicted molar refractivity (Wildman–Crippen MR) is 334 cm³/mol. The number of nitrogens with one attached hydrogen (secondary N) is 5. The highest BCUT2D eigenvalue weighted by molar-refractivity contribution is 6.08. The van der Waals surface area contributed by atoms with Crippen molar-refractivity contribution in [1.29, 1.82) is 0 Å². The molecule has 6 heterocycles. The van der Waals surface area contributed by atoms with Gasteiger partial charge in [0, 0.05) is 77.4 Å². The van der Waals surface area contributed by atoms with Gasteiger partial charge in [0.2, 0.25) is 0 Å². The average Bonchev–Trinajstić information content (AvgIpc) is 2.97. The van der Waals surface area contributed by atoms with Crippen LogP contribution in [0.15, 0.2) is 134 Å². The Bertz CT molecular complexity index is 3450. The highest BCUT2D eigenvalue weighted by atomic mass is 16.5. The first kappa shape index (κ1) is 65.0. The normalized spacial score (nSPS) is 11.4. The summed E-state index contributed by atoms with van der Waals surface area (Å²) in [6.45, 7) is 19.7. The summed E-state index contributed by atoms with van der Waals surface area (Å²) in [6, 6.07) is 31.2. The summed E-state index contributed by atoms with van der Waals surface area (Å²) in [5.74, 6) is 1.66. The maximum Gasteiger partial charge on any atom is 0.256 e. The van der Waals surface area contributed by atoms with Gasteiger partial charge in [0.1, 0.15) is 59.9 Å². The minimum atomic E-state index is -0.506. The van der Waals surface area contributed by atoms with Gasteiger partial charge in [-0.2, -0.15) is 0 Å². The van der Waals surface area contributed by atoms with Crippen LogP contribution in [0.4, 0.5) is 17.2 Å². The lowest BCUT2D eigenvalue weighted by atomic mass is 9.89. The summed E-state index contributed by atoms with van der Waals surface area (Å²) >= 11 is 0. The summed E-state index contributed by atoms with van der Waals surface area (Å²) in [5.41, 5.74) is 4.63. The van der Waals surface area contributed by atoms with Gasteiger partial charge in [-0.05, 0) is 109 Å². The molecular weight excluding hydrogens is 1110 g/mol. The molecule has 0 spiro atoms. The number of fused-ring (bicyclic) bond motifs is 3. The van der Waals surface area contributed by atoms with Crippen molar-refractivity contribution in [2.75, 3.05) is 76.9 Å². The zero-order chi connectivity index (χ0) is 63.1. The maximum absolute atomic E-state index is 12.5. The molecule has 456 valence electrons. The number of aromatic nitrogens is 6. The molecule has 21 heteroatoms. The second kappa shape index (κ2) is 29.0. The number of benzene rings is 3. The number of Topliss-reactive ketones (excluding diaryl/α,β-unsaturated/α-hetero) is 3. The molecule has 0 bridgehead atoms. The maximum atomic E-state index is 12.5. The number of hydrogen-bond donors (Lipinski definition) is 5. The Labute approximate surface area is 504 Å². The molecule has 0 radical (unpaired) electrons. The van der Waals surface area contributed by atoms with Gasteiger partial charge in [-0.25, -0.2) is 15.0 Å². The fraction of sp³-hybridized carbons (Fsp3) is 0.318. The zero-order valence-electron chi connectivity index (χ0n) is 51.1. The molecule has 6 aromatic heterocycles. The van der Waals surface area contributed by atoms with Crippen LogP contribution >= 0.6 is 0 Å². The van der Waals surface area contributed by atoms with Gasteiger partial charge in [-0.3, -0.25) is 28.8 Å². The van der Waals surface area contributed by atoms with E-state index in [0.717, 1.165) is 16.3 Å². The van der Waals surface area contributed by atoms with Gasteiger partial charge >= 0.3 is 0 Å². The lowest BCUT2D eigenvalue weighted by Gasteiger charge is -2.14. The number of carbonyl (C=O) groups is 6. The number of nitrogens with zero attached hydrogens (tertiary/aromatic N) is 4. The van der Waals surface area contributed by atoms with E-state index < -0.39 is 16.2 Å². The van der Waals surface area contributed by atoms with Crippen molar-refractivity contribution in [3.05, 3.63) is 168 Å². The Morgan fingerprint density at radius 1 is 0.460 bits per heavy atom. The Kier molecular flexibility index (Phi) is 21.7. The van der Waals surface area contributed by atoms with Crippen LogP contribution in [0.5, 0.6) is 17.2 Å². The molecule has 0 saturated carbocycles. The number of hydrogen-bond acceptors (Lipinski definition) is 15. The third-order valence-corrected chi connectivity index (χ3v) is 13.0. The van der Waals surface area contributed by atoms with Crippen LogP contribution in [-0.2, 0) is 14.2 Å². The third kappa shape index (κ3) is 18.2. The monoisotopic (exact) mass is 1190 g/mol. The molecule has 0 atom stereocenters. The third-order valence-electron chi connectivity index (χ3n) is 13.0. The number of methoxy groups -OCH3 is 3. The first-order valence-electron chi connectivity index (χ1n) is 28.0. The SMILES string of the molecule is COCCOc1ccc(C(=O)Nc2cc3cc(C(=O)C(C)(C)C)[nH]c3cn2)cc1.COCCOc1ccc(C(=O)Nc2ccc3nc(C(=O)C(C)(C)C)cn3c2)cc1.COCCOc1ccc(C(=O)Nc2cnc3[nH]c(C(=O)C(C)(C)C)cc3c2)cc1. The number of anilines is 3. The van der Waals surface area contributed by atoms with E-state index >= 15 is 0 Å². The summed E-state index contributed by atoms with van der Waals surface area (Å²) < 4.78 is 33.0. The quantitative estimate of drug-likeness (QED) is 0.0331. The second-order valence-electron chi connectivity index (χ2n) is 23.2. The van der Waals surface area contributed by atoms with Crippen LogP contribution in [0.25, 0.3) is 27.6 Å². The van der Waals surface area contributed by atoms with Gasteiger partial charge in [0.15, 0.2) is 17.3 Å². The molecule has 87 heavy (non-hydrogen) atoms. The van der Waals surface area contributed by atoms with Crippen LogP contribution in [-0.4, -0.2) is 125 Å². The molecule has 9 aromatic rings. The summed E-state index contributed by atoms with van der Waals surface area (Å²) in [6.07, 6.45) is 6.59. The van der Waals surface area contributed by atoms with E-state index in [1.807, 2.05) is 62.3 Å². The molecule has 0 unspecified atom stereocenters.